The second kappa shape index (κ2) is 10.5. The molecule has 0 saturated heterocycles. The largest absolute Gasteiger partial charge is 0.495 e. The van der Waals surface area contributed by atoms with Gasteiger partial charge in [0.15, 0.2) is 5.13 Å². The number of halogens is 1. The van der Waals surface area contributed by atoms with Gasteiger partial charge in [0.25, 0.3) is 10.0 Å². The van der Waals surface area contributed by atoms with Crippen LogP contribution in [-0.2, 0) is 10.0 Å². The summed E-state index contributed by atoms with van der Waals surface area (Å²) in [4.78, 5) is 5.69. The lowest BCUT2D eigenvalue weighted by molar-refractivity contribution is 0.373. The number of hydrogen-bond acceptors (Lipinski definition) is 6. The molecule has 1 saturated carbocycles. The average Bonchev–Trinajstić information content (AvgIpc) is 3.20. The third-order valence-electron chi connectivity index (χ3n) is 6.20. The van der Waals surface area contributed by atoms with Crippen molar-refractivity contribution in [3.63, 3.8) is 0 Å². The lowest BCUT2D eigenvalue weighted by atomic mass is 9.89. The number of ether oxygens (including phenoxy) is 1. The molecule has 0 aliphatic heterocycles. The lowest BCUT2D eigenvalue weighted by Crippen LogP contribution is -2.16. The molecule has 0 spiro atoms. The predicted molar refractivity (Wildman–Crippen MR) is 141 cm³/mol. The van der Waals surface area contributed by atoms with Crippen LogP contribution in [0.5, 0.6) is 5.75 Å². The van der Waals surface area contributed by atoms with E-state index in [1.165, 1.54) is 39.2 Å². The number of sulfonamides is 1. The molecule has 34 heavy (non-hydrogen) atoms. The Labute approximate surface area is 210 Å². The first kappa shape index (κ1) is 24.8. The topological polar surface area (TPSA) is 80.3 Å². The highest BCUT2D eigenvalue weighted by molar-refractivity contribution is 7.92. The molecule has 1 aromatic heterocycles. The van der Waals surface area contributed by atoms with Crippen LogP contribution in [0, 0.1) is 19.8 Å². The highest BCUT2D eigenvalue weighted by Gasteiger charge is 2.23. The summed E-state index contributed by atoms with van der Waals surface area (Å²) in [5.74, 6) is 0.966. The lowest BCUT2D eigenvalue weighted by Gasteiger charge is -2.21. The van der Waals surface area contributed by atoms with Gasteiger partial charge in [0.05, 0.1) is 23.4 Å². The number of hydrogen-bond donors (Lipinski definition) is 2. The SMILES string of the molecule is COc1ccc(-c2sc(NCC3CCCCC3)nc2C)cc1S(=O)(=O)Nc1ccc(C)c(Cl)c1. The van der Waals surface area contributed by atoms with Gasteiger partial charge in [0.2, 0.25) is 0 Å². The van der Waals surface area contributed by atoms with Gasteiger partial charge >= 0.3 is 0 Å². The highest BCUT2D eigenvalue weighted by Crippen LogP contribution is 2.37. The number of nitrogens with zero attached hydrogens (tertiary/aromatic N) is 1. The number of rotatable bonds is 8. The molecule has 1 aliphatic carbocycles. The van der Waals surface area contributed by atoms with Crippen molar-refractivity contribution in [1.82, 2.24) is 4.98 Å². The van der Waals surface area contributed by atoms with Crippen molar-refractivity contribution >= 4 is 43.8 Å². The summed E-state index contributed by atoms with van der Waals surface area (Å²) in [6.07, 6.45) is 6.48. The Morgan fingerprint density at radius 1 is 1.12 bits per heavy atom. The van der Waals surface area contributed by atoms with Crippen molar-refractivity contribution in [3.8, 4) is 16.2 Å². The quantitative estimate of drug-likeness (QED) is 0.339. The van der Waals surface area contributed by atoms with E-state index in [9.17, 15) is 8.42 Å². The molecule has 1 aliphatic rings. The van der Waals surface area contributed by atoms with Crippen LogP contribution in [0.3, 0.4) is 0 Å². The Kier molecular flexibility index (Phi) is 7.70. The van der Waals surface area contributed by atoms with Gasteiger partial charge in [-0.15, -0.1) is 0 Å². The minimum atomic E-state index is -3.91. The minimum absolute atomic E-state index is 0.0636. The first-order chi connectivity index (χ1) is 16.3. The fraction of sp³-hybridized carbons (Fsp3) is 0.400. The second-order valence-electron chi connectivity index (χ2n) is 8.75. The van der Waals surface area contributed by atoms with Crippen LogP contribution >= 0.6 is 22.9 Å². The number of anilines is 2. The number of aromatic nitrogens is 1. The molecule has 2 aromatic carbocycles. The average molecular weight is 520 g/mol. The molecular formula is C25H30ClN3O3S2. The first-order valence-corrected chi connectivity index (χ1v) is 14.1. The van der Waals surface area contributed by atoms with Crippen LogP contribution in [0.1, 0.15) is 43.4 Å². The van der Waals surface area contributed by atoms with E-state index in [0.29, 0.717) is 16.6 Å². The molecule has 1 heterocycles. The fourth-order valence-corrected chi connectivity index (χ4v) is 6.65. The van der Waals surface area contributed by atoms with Gasteiger partial charge in [0, 0.05) is 11.6 Å². The first-order valence-electron chi connectivity index (χ1n) is 11.5. The van der Waals surface area contributed by atoms with Gasteiger partial charge in [-0.1, -0.05) is 48.3 Å². The summed E-state index contributed by atoms with van der Waals surface area (Å²) in [6.45, 7) is 4.74. The maximum Gasteiger partial charge on any atom is 0.265 e. The van der Waals surface area contributed by atoms with Gasteiger partial charge in [-0.2, -0.15) is 0 Å². The highest BCUT2D eigenvalue weighted by atomic mass is 35.5. The zero-order chi connectivity index (χ0) is 24.3. The summed E-state index contributed by atoms with van der Waals surface area (Å²) < 4.78 is 34.5. The second-order valence-corrected chi connectivity index (χ2v) is 11.8. The zero-order valence-electron chi connectivity index (χ0n) is 19.7. The van der Waals surface area contributed by atoms with Crippen molar-refractivity contribution in [1.29, 1.82) is 0 Å². The van der Waals surface area contributed by atoms with Crippen molar-refractivity contribution in [2.24, 2.45) is 5.92 Å². The van der Waals surface area contributed by atoms with Crippen molar-refractivity contribution < 1.29 is 13.2 Å². The van der Waals surface area contributed by atoms with E-state index in [1.54, 1.807) is 41.7 Å². The number of benzene rings is 2. The van der Waals surface area contributed by atoms with Gasteiger partial charge in [-0.05, 0) is 74.1 Å². The Balaban J connectivity index is 1.59. The molecule has 2 N–H and O–H groups in total. The minimum Gasteiger partial charge on any atom is -0.495 e. The van der Waals surface area contributed by atoms with Crippen LogP contribution in [0.15, 0.2) is 41.3 Å². The zero-order valence-corrected chi connectivity index (χ0v) is 22.0. The van der Waals surface area contributed by atoms with Gasteiger partial charge in [-0.3, -0.25) is 4.72 Å². The summed E-state index contributed by atoms with van der Waals surface area (Å²) in [5.41, 5.74) is 2.91. The standard InChI is InChI=1S/C25H30ClN3O3S2/c1-16-9-11-20(14-21(16)26)29-34(30,31)23-13-19(10-12-22(23)32-3)24-17(2)28-25(33-24)27-15-18-7-5-4-6-8-18/h9-14,18,29H,4-8,15H2,1-3H3,(H,27,28). The van der Waals surface area contributed by atoms with Crippen LogP contribution in [0.25, 0.3) is 10.4 Å². The summed E-state index contributed by atoms with van der Waals surface area (Å²) in [7, 11) is -2.45. The van der Waals surface area contributed by atoms with Crippen molar-refractivity contribution in [3.05, 3.63) is 52.7 Å². The van der Waals surface area contributed by atoms with E-state index in [1.807, 2.05) is 19.9 Å². The van der Waals surface area contributed by atoms with Crippen LogP contribution in [0.2, 0.25) is 5.02 Å². The maximum atomic E-state index is 13.3. The predicted octanol–water partition coefficient (Wildman–Crippen LogP) is 6.88. The molecule has 4 rings (SSSR count). The van der Waals surface area contributed by atoms with E-state index in [0.717, 1.165) is 33.4 Å². The van der Waals surface area contributed by atoms with E-state index >= 15 is 0 Å². The van der Waals surface area contributed by atoms with Crippen molar-refractivity contribution in [2.45, 2.75) is 50.8 Å². The van der Waals surface area contributed by atoms with Crippen LogP contribution in [-0.4, -0.2) is 27.1 Å². The van der Waals surface area contributed by atoms with E-state index < -0.39 is 10.0 Å². The number of thiazole rings is 1. The number of nitrogens with one attached hydrogen (secondary N) is 2. The Morgan fingerprint density at radius 3 is 2.59 bits per heavy atom. The van der Waals surface area contributed by atoms with E-state index in [2.05, 4.69) is 15.0 Å². The normalized spacial score (nSPS) is 14.7. The molecule has 0 bridgehead atoms. The Bertz CT molecular complexity index is 1270. The third kappa shape index (κ3) is 5.67. The van der Waals surface area contributed by atoms with Crippen LogP contribution < -0.4 is 14.8 Å². The molecule has 9 heteroatoms. The molecule has 0 radical (unpaired) electrons. The number of methoxy groups -OCH3 is 1. The Morgan fingerprint density at radius 2 is 1.88 bits per heavy atom. The molecule has 0 amide bonds. The smallest absolute Gasteiger partial charge is 0.265 e. The fourth-order valence-electron chi connectivity index (χ4n) is 4.26. The third-order valence-corrected chi connectivity index (χ3v) is 9.18. The molecule has 3 aromatic rings. The summed E-state index contributed by atoms with van der Waals surface area (Å²) in [6, 6.07) is 10.3. The molecule has 6 nitrogen and oxygen atoms in total. The van der Waals surface area contributed by atoms with E-state index in [-0.39, 0.29) is 10.6 Å². The molecule has 0 unspecified atom stereocenters. The van der Waals surface area contributed by atoms with E-state index in [4.69, 9.17) is 16.3 Å². The molecule has 1 fully saturated rings. The van der Waals surface area contributed by atoms with Crippen LogP contribution in [0.4, 0.5) is 10.8 Å². The monoisotopic (exact) mass is 519 g/mol. The maximum absolute atomic E-state index is 13.3. The van der Waals surface area contributed by atoms with Crippen molar-refractivity contribution in [2.75, 3.05) is 23.7 Å². The summed E-state index contributed by atoms with van der Waals surface area (Å²) >= 11 is 7.72. The summed E-state index contributed by atoms with van der Waals surface area (Å²) in [5, 5.41) is 4.86. The van der Waals surface area contributed by atoms with Gasteiger partial charge < -0.3 is 10.1 Å². The molecule has 0 atom stereocenters. The van der Waals surface area contributed by atoms with Gasteiger partial charge in [-0.25, -0.2) is 13.4 Å². The molecule has 182 valence electrons. The Hall–Kier alpha value is -2.29. The number of aryl methyl sites for hydroxylation is 2. The van der Waals surface area contributed by atoms with Gasteiger partial charge in [0.1, 0.15) is 10.6 Å². The molecular weight excluding hydrogens is 490 g/mol.